The lowest BCUT2D eigenvalue weighted by atomic mass is 10.5. The van der Waals surface area contributed by atoms with Crippen LogP contribution in [0.4, 0.5) is 0 Å². The molecule has 1 aromatic heterocycles. The van der Waals surface area contributed by atoms with Crippen LogP contribution in [-0.4, -0.2) is 19.1 Å². The van der Waals surface area contributed by atoms with Gasteiger partial charge in [0.05, 0.1) is 4.88 Å². The maximum atomic E-state index is 5.26. The van der Waals surface area contributed by atoms with E-state index in [9.17, 15) is 0 Å². The molecule has 2 heterocycles. The molecule has 0 saturated carbocycles. The molecule has 1 aliphatic heterocycles. The fourth-order valence-corrected chi connectivity index (χ4v) is 1.48. The monoisotopic (exact) mass is 169 g/mol. The van der Waals surface area contributed by atoms with Crippen molar-refractivity contribution >= 4 is 17.2 Å². The van der Waals surface area contributed by atoms with Crippen LogP contribution in [0.5, 0.6) is 0 Å². The molecule has 11 heavy (non-hydrogen) atoms. The average molecular weight is 169 g/mol. The molecule has 0 bridgehead atoms. The van der Waals surface area contributed by atoms with Crippen molar-refractivity contribution in [3.05, 3.63) is 22.4 Å². The Hall–Kier alpha value is -1.03. The highest BCUT2D eigenvalue weighted by molar-refractivity contribution is 7.12. The highest BCUT2D eigenvalue weighted by Crippen LogP contribution is 2.12. The summed E-state index contributed by atoms with van der Waals surface area (Å²) in [4.78, 5) is 5.89. The Kier molecular flexibility index (Phi) is 1.77. The van der Waals surface area contributed by atoms with Crippen molar-refractivity contribution in [3.8, 4) is 0 Å². The Morgan fingerprint density at radius 1 is 1.45 bits per heavy atom. The lowest BCUT2D eigenvalue weighted by molar-refractivity contribution is 0.0658. The van der Waals surface area contributed by atoms with Crippen LogP contribution in [-0.2, 0) is 9.57 Å². The highest BCUT2D eigenvalue weighted by Gasteiger charge is 2.10. The molecular formula is C7H7NO2S. The zero-order valence-electron chi connectivity index (χ0n) is 5.82. The second-order valence-electron chi connectivity index (χ2n) is 2.06. The fourth-order valence-electron chi connectivity index (χ4n) is 0.823. The number of thiophene rings is 1. The van der Waals surface area contributed by atoms with E-state index in [0.29, 0.717) is 19.1 Å². The number of oxime groups is 1. The second kappa shape index (κ2) is 2.92. The minimum atomic E-state index is 0.550. The van der Waals surface area contributed by atoms with Gasteiger partial charge in [-0.05, 0) is 16.6 Å². The summed E-state index contributed by atoms with van der Waals surface area (Å²) in [7, 11) is 0. The Bertz CT molecular complexity index is 255. The summed E-state index contributed by atoms with van der Waals surface area (Å²) in [5.74, 6) is 0.603. The molecule has 2 rings (SSSR count). The first kappa shape index (κ1) is 6.67. The van der Waals surface area contributed by atoms with Crippen LogP contribution in [0.1, 0.15) is 4.88 Å². The molecule has 1 aromatic rings. The van der Waals surface area contributed by atoms with Crippen molar-refractivity contribution < 1.29 is 9.57 Å². The van der Waals surface area contributed by atoms with E-state index in [4.69, 9.17) is 9.57 Å². The zero-order valence-corrected chi connectivity index (χ0v) is 6.63. The summed E-state index contributed by atoms with van der Waals surface area (Å²) in [6.07, 6.45) is 0. The number of hydrogen-bond donors (Lipinski definition) is 0. The summed E-state index contributed by atoms with van der Waals surface area (Å²) < 4.78 is 5.26. The van der Waals surface area contributed by atoms with E-state index < -0.39 is 0 Å². The molecule has 0 N–H and O–H groups in total. The zero-order chi connectivity index (χ0) is 7.52. The van der Waals surface area contributed by atoms with Crippen LogP contribution in [0.2, 0.25) is 0 Å². The van der Waals surface area contributed by atoms with Gasteiger partial charge in [-0.15, -0.1) is 11.3 Å². The summed E-state index contributed by atoms with van der Waals surface area (Å²) in [5.41, 5.74) is 0. The fraction of sp³-hybridized carbons (Fsp3) is 0.286. The lowest BCUT2D eigenvalue weighted by Gasteiger charge is -2.11. The van der Waals surface area contributed by atoms with Crippen LogP contribution in [0.15, 0.2) is 22.7 Å². The summed E-state index contributed by atoms with van der Waals surface area (Å²) >= 11 is 1.59. The van der Waals surface area contributed by atoms with Gasteiger partial charge in [0.15, 0.2) is 6.61 Å². The molecular weight excluding hydrogens is 162 g/mol. The molecule has 0 radical (unpaired) electrons. The van der Waals surface area contributed by atoms with E-state index in [2.05, 4.69) is 5.16 Å². The molecule has 3 nitrogen and oxygen atoms in total. The second-order valence-corrected chi connectivity index (χ2v) is 3.00. The van der Waals surface area contributed by atoms with Crippen molar-refractivity contribution in [2.75, 3.05) is 13.2 Å². The van der Waals surface area contributed by atoms with Crippen LogP contribution in [0.25, 0.3) is 0 Å². The van der Waals surface area contributed by atoms with E-state index in [-0.39, 0.29) is 0 Å². The van der Waals surface area contributed by atoms with Gasteiger partial charge in [0.2, 0.25) is 0 Å². The minimum absolute atomic E-state index is 0.550. The third kappa shape index (κ3) is 1.35. The molecule has 0 atom stereocenters. The van der Waals surface area contributed by atoms with Gasteiger partial charge in [-0.25, -0.2) is 0 Å². The quantitative estimate of drug-likeness (QED) is 0.637. The van der Waals surface area contributed by atoms with Crippen LogP contribution >= 0.6 is 11.3 Å². The topological polar surface area (TPSA) is 30.8 Å². The van der Waals surface area contributed by atoms with Gasteiger partial charge in [-0.3, -0.25) is 0 Å². The molecule has 0 saturated heterocycles. The summed E-state index contributed by atoms with van der Waals surface area (Å²) in [6, 6.07) is 3.92. The molecule has 0 aromatic carbocycles. The van der Waals surface area contributed by atoms with Crippen LogP contribution in [0.3, 0.4) is 0 Å². The van der Waals surface area contributed by atoms with Gasteiger partial charge in [0, 0.05) is 0 Å². The Morgan fingerprint density at radius 2 is 2.45 bits per heavy atom. The van der Waals surface area contributed by atoms with Crippen LogP contribution < -0.4 is 0 Å². The SMILES string of the molecule is c1csc(C2=NOCCO2)c1. The molecule has 0 amide bonds. The molecule has 4 heteroatoms. The van der Waals surface area contributed by atoms with Crippen molar-refractivity contribution in [1.82, 2.24) is 0 Å². The first-order valence-electron chi connectivity index (χ1n) is 3.33. The highest BCUT2D eigenvalue weighted by atomic mass is 32.1. The molecule has 0 fully saturated rings. The van der Waals surface area contributed by atoms with E-state index in [1.54, 1.807) is 11.3 Å². The van der Waals surface area contributed by atoms with Gasteiger partial charge in [0.25, 0.3) is 5.90 Å². The lowest BCUT2D eigenvalue weighted by Crippen LogP contribution is -2.15. The van der Waals surface area contributed by atoms with Gasteiger partial charge in [-0.1, -0.05) is 6.07 Å². The van der Waals surface area contributed by atoms with Gasteiger partial charge in [-0.2, -0.15) is 0 Å². The first-order valence-corrected chi connectivity index (χ1v) is 4.21. The first-order chi connectivity index (χ1) is 5.47. The van der Waals surface area contributed by atoms with Gasteiger partial charge >= 0.3 is 0 Å². The number of rotatable bonds is 1. The molecule has 0 unspecified atom stereocenters. The predicted octanol–water partition coefficient (Wildman–Crippen LogP) is 1.46. The Labute approximate surface area is 68.2 Å². The molecule has 0 spiro atoms. The summed E-state index contributed by atoms with van der Waals surface area (Å²) in [5, 5.41) is 5.76. The predicted molar refractivity (Wildman–Crippen MR) is 42.8 cm³/mol. The van der Waals surface area contributed by atoms with Crippen molar-refractivity contribution in [1.29, 1.82) is 0 Å². The molecule has 0 aliphatic carbocycles. The normalized spacial score (nSPS) is 16.5. The van der Waals surface area contributed by atoms with Crippen LogP contribution in [0, 0.1) is 0 Å². The minimum Gasteiger partial charge on any atom is -0.471 e. The maximum absolute atomic E-state index is 5.26. The van der Waals surface area contributed by atoms with Crippen molar-refractivity contribution in [3.63, 3.8) is 0 Å². The smallest absolute Gasteiger partial charge is 0.267 e. The largest absolute Gasteiger partial charge is 0.471 e. The van der Waals surface area contributed by atoms with E-state index >= 15 is 0 Å². The average Bonchev–Trinajstić information content (AvgIpc) is 2.58. The number of ether oxygens (including phenoxy) is 1. The number of nitrogens with zero attached hydrogens (tertiary/aromatic N) is 1. The standard InChI is InChI=1S/C7H7NO2S/c1-2-6(11-5-1)7-8-10-4-3-9-7/h1-2,5H,3-4H2. The Morgan fingerprint density at radius 3 is 3.09 bits per heavy atom. The summed E-state index contributed by atoms with van der Waals surface area (Å²) in [6.45, 7) is 1.14. The van der Waals surface area contributed by atoms with Gasteiger partial charge in [0.1, 0.15) is 6.61 Å². The van der Waals surface area contributed by atoms with Crippen molar-refractivity contribution in [2.45, 2.75) is 0 Å². The van der Waals surface area contributed by atoms with Gasteiger partial charge < -0.3 is 9.57 Å². The third-order valence-electron chi connectivity index (χ3n) is 1.29. The molecule has 58 valence electrons. The third-order valence-corrected chi connectivity index (χ3v) is 2.15. The van der Waals surface area contributed by atoms with E-state index in [1.807, 2.05) is 17.5 Å². The van der Waals surface area contributed by atoms with E-state index in [0.717, 1.165) is 4.88 Å². The molecule has 1 aliphatic rings. The number of hydrogen-bond acceptors (Lipinski definition) is 4. The van der Waals surface area contributed by atoms with E-state index in [1.165, 1.54) is 0 Å². The Balaban J connectivity index is 2.22. The van der Waals surface area contributed by atoms with Crippen molar-refractivity contribution in [2.24, 2.45) is 5.16 Å². The maximum Gasteiger partial charge on any atom is 0.267 e.